The molecule has 1 aromatic heterocycles. The van der Waals surface area contributed by atoms with Gasteiger partial charge in [-0.1, -0.05) is 0 Å². The van der Waals surface area contributed by atoms with E-state index in [4.69, 9.17) is 9.47 Å². The van der Waals surface area contributed by atoms with Gasteiger partial charge in [-0.2, -0.15) is 0 Å². The molecular formula is C22H21N3O4. The van der Waals surface area contributed by atoms with E-state index in [-0.39, 0.29) is 11.7 Å². The highest BCUT2D eigenvalue weighted by atomic mass is 16.5. The van der Waals surface area contributed by atoms with Gasteiger partial charge in [-0.05, 0) is 49.4 Å². The van der Waals surface area contributed by atoms with Crippen molar-refractivity contribution >= 4 is 28.8 Å². The van der Waals surface area contributed by atoms with Gasteiger partial charge in [0, 0.05) is 29.2 Å². The average Bonchev–Trinajstić information content (AvgIpc) is 2.74. The summed E-state index contributed by atoms with van der Waals surface area (Å²) in [7, 11) is 3.08. The molecule has 0 aliphatic rings. The van der Waals surface area contributed by atoms with Crippen molar-refractivity contribution in [2.45, 2.75) is 6.92 Å². The molecule has 2 aromatic carbocycles. The zero-order valence-corrected chi connectivity index (χ0v) is 16.4. The summed E-state index contributed by atoms with van der Waals surface area (Å²) in [6.45, 7) is 1.52. The number of pyridine rings is 1. The molecule has 0 aliphatic heterocycles. The van der Waals surface area contributed by atoms with E-state index in [0.717, 1.165) is 5.69 Å². The summed E-state index contributed by atoms with van der Waals surface area (Å²) >= 11 is 0. The van der Waals surface area contributed by atoms with E-state index in [1.807, 2.05) is 0 Å². The maximum atomic E-state index is 12.6. The van der Waals surface area contributed by atoms with Crippen molar-refractivity contribution in [3.63, 3.8) is 0 Å². The molecule has 148 valence electrons. The quantitative estimate of drug-likeness (QED) is 0.584. The van der Waals surface area contributed by atoms with E-state index in [1.54, 1.807) is 61.8 Å². The molecule has 1 amide bonds. The minimum absolute atomic E-state index is 0.00653. The number of aromatic nitrogens is 1. The van der Waals surface area contributed by atoms with E-state index in [1.165, 1.54) is 20.2 Å². The Morgan fingerprint density at radius 1 is 0.793 bits per heavy atom. The highest BCUT2D eigenvalue weighted by Crippen LogP contribution is 2.30. The Hall–Kier alpha value is -3.87. The molecule has 0 atom stereocenters. The van der Waals surface area contributed by atoms with Crippen molar-refractivity contribution in [1.82, 2.24) is 4.98 Å². The maximum Gasteiger partial charge on any atom is 0.257 e. The first-order chi connectivity index (χ1) is 14.0. The number of methoxy groups -OCH3 is 2. The van der Waals surface area contributed by atoms with Gasteiger partial charge in [0.2, 0.25) is 0 Å². The molecular weight excluding hydrogens is 370 g/mol. The summed E-state index contributed by atoms with van der Waals surface area (Å²) in [4.78, 5) is 28.1. The molecule has 0 spiro atoms. The Kier molecular flexibility index (Phi) is 6.09. The van der Waals surface area contributed by atoms with Crippen molar-refractivity contribution in [2.24, 2.45) is 0 Å². The Bertz CT molecular complexity index is 1030. The van der Waals surface area contributed by atoms with Gasteiger partial charge in [-0.15, -0.1) is 0 Å². The van der Waals surface area contributed by atoms with Crippen molar-refractivity contribution in [3.8, 4) is 11.5 Å². The predicted octanol–water partition coefficient (Wildman–Crippen LogP) is 4.30. The summed E-state index contributed by atoms with van der Waals surface area (Å²) in [6.07, 6.45) is 3.10. The summed E-state index contributed by atoms with van der Waals surface area (Å²) in [5.74, 6) is 0.800. The minimum Gasteiger partial charge on any atom is -0.493 e. The maximum absolute atomic E-state index is 12.6. The van der Waals surface area contributed by atoms with Gasteiger partial charge in [0.15, 0.2) is 17.3 Å². The van der Waals surface area contributed by atoms with Crippen LogP contribution in [0.2, 0.25) is 0 Å². The molecule has 3 aromatic rings. The van der Waals surface area contributed by atoms with E-state index >= 15 is 0 Å². The lowest BCUT2D eigenvalue weighted by atomic mass is 10.1. The van der Waals surface area contributed by atoms with Crippen LogP contribution in [0.1, 0.15) is 27.6 Å². The molecule has 2 N–H and O–H groups in total. The molecule has 29 heavy (non-hydrogen) atoms. The number of anilines is 3. The number of hydrogen-bond donors (Lipinski definition) is 2. The number of ketones is 1. The highest BCUT2D eigenvalue weighted by Gasteiger charge is 2.11. The zero-order chi connectivity index (χ0) is 20.8. The Morgan fingerprint density at radius 3 is 2.14 bits per heavy atom. The number of nitrogens with one attached hydrogen (secondary N) is 2. The number of carbonyl (C=O) groups excluding carboxylic acids is 2. The normalized spacial score (nSPS) is 10.2. The number of hydrogen-bond acceptors (Lipinski definition) is 6. The lowest BCUT2D eigenvalue weighted by molar-refractivity contribution is 0.101. The first-order valence-corrected chi connectivity index (χ1v) is 8.86. The van der Waals surface area contributed by atoms with Gasteiger partial charge < -0.3 is 20.1 Å². The highest BCUT2D eigenvalue weighted by molar-refractivity contribution is 6.04. The fraction of sp³-hybridized carbons (Fsp3) is 0.136. The third-order valence-electron chi connectivity index (χ3n) is 4.22. The molecule has 1 heterocycles. The van der Waals surface area contributed by atoms with Crippen LogP contribution in [0.15, 0.2) is 60.9 Å². The first-order valence-electron chi connectivity index (χ1n) is 8.86. The zero-order valence-electron chi connectivity index (χ0n) is 16.4. The van der Waals surface area contributed by atoms with Crippen LogP contribution in [0.4, 0.5) is 17.1 Å². The summed E-state index contributed by atoms with van der Waals surface area (Å²) in [6, 6.07) is 13.9. The van der Waals surface area contributed by atoms with Crippen LogP contribution in [0.3, 0.4) is 0 Å². The fourth-order valence-electron chi connectivity index (χ4n) is 2.70. The number of amides is 1. The molecule has 0 saturated heterocycles. The van der Waals surface area contributed by atoms with Crippen LogP contribution in [0, 0.1) is 0 Å². The van der Waals surface area contributed by atoms with Crippen LogP contribution < -0.4 is 20.1 Å². The molecule has 7 nitrogen and oxygen atoms in total. The number of Topliss-reactive ketones (excluding diaryl/α,β-unsaturated/α-hetero) is 1. The minimum atomic E-state index is -0.305. The molecule has 3 rings (SSSR count). The monoisotopic (exact) mass is 391 g/mol. The number of benzene rings is 2. The predicted molar refractivity (Wildman–Crippen MR) is 111 cm³/mol. The molecule has 0 saturated carbocycles. The summed E-state index contributed by atoms with van der Waals surface area (Å²) in [5, 5.41) is 5.99. The van der Waals surface area contributed by atoms with E-state index in [9.17, 15) is 9.59 Å². The van der Waals surface area contributed by atoms with Crippen LogP contribution in [0.5, 0.6) is 11.5 Å². The van der Waals surface area contributed by atoms with Gasteiger partial charge in [0.05, 0.1) is 31.7 Å². The first kappa shape index (κ1) is 19.9. The number of ether oxygens (including phenoxy) is 2. The van der Waals surface area contributed by atoms with Gasteiger partial charge in [-0.3, -0.25) is 14.6 Å². The molecule has 0 aliphatic carbocycles. The number of rotatable bonds is 7. The smallest absolute Gasteiger partial charge is 0.257 e. The summed E-state index contributed by atoms with van der Waals surface area (Å²) < 4.78 is 10.5. The molecule has 0 radical (unpaired) electrons. The topological polar surface area (TPSA) is 89.5 Å². The van der Waals surface area contributed by atoms with Crippen molar-refractivity contribution in [2.75, 3.05) is 24.9 Å². The second-order valence-electron chi connectivity index (χ2n) is 6.24. The van der Waals surface area contributed by atoms with E-state index in [0.29, 0.717) is 34.0 Å². The Labute approximate surface area is 168 Å². The second kappa shape index (κ2) is 8.88. The Morgan fingerprint density at radius 2 is 1.48 bits per heavy atom. The van der Waals surface area contributed by atoms with Crippen molar-refractivity contribution in [3.05, 3.63) is 72.1 Å². The van der Waals surface area contributed by atoms with Crippen molar-refractivity contribution in [1.29, 1.82) is 0 Å². The van der Waals surface area contributed by atoms with Crippen LogP contribution in [-0.2, 0) is 0 Å². The van der Waals surface area contributed by atoms with Crippen LogP contribution in [0.25, 0.3) is 0 Å². The van der Waals surface area contributed by atoms with Gasteiger partial charge in [0.25, 0.3) is 5.91 Å². The van der Waals surface area contributed by atoms with Crippen LogP contribution in [-0.4, -0.2) is 30.9 Å². The molecule has 0 unspecified atom stereocenters. The van der Waals surface area contributed by atoms with Gasteiger partial charge in [-0.25, -0.2) is 0 Å². The van der Waals surface area contributed by atoms with Crippen LogP contribution >= 0.6 is 0 Å². The lowest BCUT2D eigenvalue weighted by Crippen LogP contribution is -2.12. The molecule has 7 heteroatoms. The fourth-order valence-corrected chi connectivity index (χ4v) is 2.70. The third-order valence-corrected chi connectivity index (χ3v) is 4.22. The average molecular weight is 391 g/mol. The van der Waals surface area contributed by atoms with E-state index in [2.05, 4.69) is 15.6 Å². The Balaban J connectivity index is 1.73. The van der Waals surface area contributed by atoms with Gasteiger partial charge in [0.1, 0.15) is 0 Å². The number of nitrogens with zero attached hydrogens (tertiary/aromatic N) is 1. The largest absolute Gasteiger partial charge is 0.493 e. The SMILES string of the molecule is COc1ccc(NC(=O)c2cncc(Nc3ccc(C(C)=O)cc3)c2)cc1OC. The number of carbonyl (C=O) groups is 2. The molecule has 0 bridgehead atoms. The van der Waals surface area contributed by atoms with Gasteiger partial charge >= 0.3 is 0 Å². The lowest BCUT2D eigenvalue weighted by Gasteiger charge is -2.11. The standard InChI is InChI=1S/C22H21N3O4/c1-14(26)15-4-6-17(7-5-15)24-19-10-16(12-23-13-19)22(27)25-18-8-9-20(28-2)21(11-18)29-3/h4-13,24H,1-3H3,(H,25,27). The second-order valence-corrected chi connectivity index (χ2v) is 6.24. The molecule has 0 fully saturated rings. The van der Waals surface area contributed by atoms with Crippen molar-refractivity contribution < 1.29 is 19.1 Å². The summed E-state index contributed by atoms with van der Waals surface area (Å²) in [5.41, 5.74) is 3.04. The third kappa shape index (κ3) is 4.90. The van der Waals surface area contributed by atoms with E-state index < -0.39 is 0 Å².